The molecule has 8 nitrogen and oxygen atoms in total. The normalized spacial score (nSPS) is 19.1. The van der Waals surface area contributed by atoms with Crippen LogP contribution < -0.4 is 10.6 Å². The molecule has 1 heterocycles. The molecule has 1 aliphatic heterocycles. The van der Waals surface area contributed by atoms with E-state index in [9.17, 15) is 23.9 Å². The molecule has 1 aliphatic rings. The Hall–Kier alpha value is -3.01. The minimum atomic E-state index is -1.34. The van der Waals surface area contributed by atoms with E-state index in [-0.39, 0.29) is 13.2 Å². The first-order chi connectivity index (χ1) is 14.3. The lowest BCUT2D eigenvalue weighted by Gasteiger charge is -2.20. The summed E-state index contributed by atoms with van der Waals surface area (Å²) >= 11 is 6.01. The second kappa shape index (κ2) is 9.66. The molecule has 3 N–H and O–H groups in total. The van der Waals surface area contributed by atoms with E-state index in [0.29, 0.717) is 16.3 Å². The number of carbonyl (C=O) groups excluding carboxylic acids is 2. The monoisotopic (exact) mass is 436 g/mol. The van der Waals surface area contributed by atoms with Crippen molar-refractivity contribution in [3.63, 3.8) is 0 Å². The van der Waals surface area contributed by atoms with Gasteiger partial charge < -0.3 is 25.2 Å². The summed E-state index contributed by atoms with van der Waals surface area (Å²) in [5, 5.41) is 14.6. The van der Waals surface area contributed by atoms with Crippen molar-refractivity contribution in [2.24, 2.45) is 0 Å². The average Bonchev–Trinajstić information content (AvgIpc) is 3.21. The van der Waals surface area contributed by atoms with Crippen molar-refractivity contribution in [2.45, 2.75) is 24.7 Å². The number of para-hydroxylation sites is 1. The standard InChI is InChI=1S/C20H18ClFN2O6/c21-13-3-1-2-4-14(13)23-18(25)16-17(30-10-29-16)19(26)24-15(20(27)28)9-11-5-7-12(22)8-6-11/h1-8,15-17H,9-10H2,(H,23,25)(H,24,26)(H,27,28)/t15?,16-,17-/m1/s1. The van der Waals surface area contributed by atoms with Gasteiger partial charge in [-0.05, 0) is 29.8 Å². The molecule has 2 aromatic rings. The first-order valence-corrected chi connectivity index (χ1v) is 9.29. The van der Waals surface area contributed by atoms with Crippen molar-refractivity contribution >= 4 is 35.1 Å². The van der Waals surface area contributed by atoms with Crippen molar-refractivity contribution in [1.29, 1.82) is 0 Å². The second-order valence-corrected chi connectivity index (χ2v) is 6.90. The number of anilines is 1. The molecule has 30 heavy (non-hydrogen) atoms. The van der Waals surface area contributed by atoms with E-state index in [1.165, 1.54) is 24.3 Å². The van der Waals surface area contributed by atoms with Crippen molar-refractivity contribution in [3.8, 4) is 0 Å². The quantitative estimate of drug-likeness (QED) is 0.611. The summed E-state index contributed by atoms with van der Waals surface area (Å²) in [5.41, 5.74) is 0.847. The predicted octanol–water partition coefficient (Wildman–Crippen LogP) is 1.97. The number of hydrogen-bond donors (Lipinski definition) is 3. The number of rotatable bonds is 7. The number of nitrogens with one attached hydrogen (secondary N) is 2. The molecule has 1 saturated heterocycles. The SMILES string of the molecule is O=C(O)C(Cc1ccc(F)cc1)NC(=O)[C@@H]1OCO[C@H]1C(=O)Nc1ccccc1Cl. The molecule has 0 spiro atoms. The molecule has 158 valence electrons. The van der Waals surface area contributed by atoms with Gasteiger partial charge >= 0.3 is 5.97 Å². The molecule has 3 rings (SSSR count). The predicted molar refractivity (Wildman–Crippen MR) is 104 cm³/mol. The van der Waals surface area contributed by atoms with E-state index in [1.807, 2.05) is 0 Å². The summed E-state index contributed by atoms with van der Waals surface area (Å²) in [7, 11) is 0. The van der Waals surface area contributed by atoms with Crippen molar-refractivity contribution in [3.05, 3.63) is 64.9 Å². The third kappa shape index (κ3) is 5.32. The molecule has 0 aliphatic carbocycles. The van der Waals surface area contributed by atoms with Gasteiger partial charge in [-0.25, -0.2) is 9.18 Å². The average molecular weight is 437 g/mol. The van der Waals surface area contributed by atoms with E-state index >= 15 is 0 Å². The van der Waals surface area contributed by atoms with Crippen molar-refractivity contribution < 1.29 is 33.4 Å². The van der Waals surface area contributed by atoms with Gasteiger partial charge in [0.1, 0.15) is 18.7 Å². The summed E-state index contributed by atoms with van der Waals surface area (Å²) in [6.07, 6.45) is -2.71. The van der Waals surface area contributed by atoms with Crippen LogP contribution in [0.15, 0.2) is 48.5 Å². The van der Waals surface area contributed by atoms with E-state index in [1.54, 1.807) is 24.3 Å². The summed E-state index contributed by atoms with van der Waals surface area (Å²) in [4.78, 5) is 36.7. The number of carbonyl (C=O) groups is 3. The topological polar surface area (TPSA) is 114 Å². The largest absolute Gasteiger partial charge is 0.480 e. The van der Waals surface area contributed by atoms with Gasteiger partial charge in [-0.15, -0.1) is 0 Å². The van der Waals surface area contributed by atoms with Crippen molar-refractivity contribution in [1.82, 2.24) is 5.32 Å². The molecular weight excluding hydrogens is 419 g/mol. The first kappa shape index (κ1) is 21.7. The van der Waals surface area contributed by atoms with Crippen LogP contribution in [0.5, 0.6) is 0 Å². The Kier molecular flexibility index (Phi) is 6.99. The van der Waals surface area contributed by atoms with Crippen LogP contribution in [0.3, 0.4) is 0 Å². The minimum Gasteiger partial charge on any atom is -0.480 e. The molecule has 1 unspecified atom stereocenters. The fraction of sp³-hybridized carbons (Fsp3) is 0.250. The summed E-state index contributed by atoms with van der Waals surface area (Å²) in [6, 6.07) is 10.5. The Morgan fingerprint density at radius 1 is 1.07 bits per heavy atom. The second-order valence-electron chi connectivity index (χ2n) is 6.49. The Morgan fingerprint density at radius 3 is 2.33 bits per heavy atom. The number of halogens is 2. The van der Waals surface area contributed by atoms with Crippen LogP contribution in [0, 0.1) is 5.82 Å². The van der Waals surface area contributed by atoms with Crippen LogP contribution >= 0.6 is 11.6 Å². The van der Waals surface area contributed by atoms with Gasteiger partial charge in [0, 0.05) is 6.42 Å². The molecule has 10 heteroatoms. The first-order valence-electron chi connectivity index (χ1n) is 8.91. The third-order valence-electron chi connectivity index (χ3n) is 4.39. The van der Waals surface area contributed by atoms with Gasteiger partial charge in [-0.3, -0.25) is 9.59 Å². The molecule has 2 amide bonds. The van der Waals surface area contributed by atoms with Crippen LogP contribution in [0.1, 0.15) is 5.56 Å². The Balaban J connectivity index is 1.66. The van der Waals surface area contributed by atoms with E-state index in [0.717, 1.165) is 0 Å². The molecule has 0 bridgehead atoms. The highest BCUT2D eigenvalue weighted by atomic mass is 35.5. The smallest absolute Gasteiger partial charge is 0.326 e. The van der Waals surface area contributed by atoms with Crippen molar-refractivity contribution in [2.75, 3.05) is 12.1 Å². The maximum Gasteiger partial charge on any atom is 0.326 e. The summed E-state index contributed by atoms with van der Waals surface area (Å²) < 4.78 is 23.4. The van der Waals surface area contributed by atoms with Crippen LogP contribution in [-0.2, 0) is 30.3 Å². The van der Waals surface area contributed by atoms with Gasteiger partial charge in [0.15, 0.2) is 12.2 Å². The highest BCUT2D eigenvalue weighted by Crippen LogP contribution is 2.22. The van der Waals surface area contributed by atoms with Gasteiger partial charge in [-0.2, -0.15) is 0 Å². The van der Waals surface area contributed by atoms with Gasteiger partial charge in [0.05, 0.1) is 10.7 Å². The fourth-order valence-corrected chi connectivity index (χ4v) is 3.05. The third-order valence-corrected chi connectivity index (χ3v) is 4.72. The maximum absolute atomic E-state index is 13.0. The number of aliphatic carboxylic acids is 1. The number of benzene rings is 2. The molecule has 0 aromatic heterocycles. The molecule has 2 aromatic carbocycles. The number of amides is 2. The number of carboxylic acids is 1. The fourth-order valence-electron chi connectivity index (χ4n) is 2.86. The zero-order valence-electron chi connectivity index (χ0n) is 15.5. The van der Waals surface area contributed by atoms with E-state index in [4.69, 9.17) is 21.1 Å². The maximum atomic E-state index is 13.0. The van der Waals surface area contributed by atoms with Gasteiger partial charge in [-0.1, -0.05) is 35.9 Å². The van der Waals surface area contributed by atoms with E-state index < -0.39 is 41.9 Å². The Morgan fingerprint density at radius 2 is 1.70 bits per heavy atom. The molecule has 1 fully saturated rings. The van der Waals surface area contributed by atoms with Crippen LogP contribution in [0.25, 0.3) is 0 Å². The highest BCUT2D eigenvalue weighted by Gasteiger charge is 2.41. The zero-order valence-corrected chi connectivity index (χ0v) is 16.3. The lowest BCUT2D eigenvalue weighted by atomic mass is 10.0. The summed E-state index contributed by atoms with van der Waals surface area (Å²) in [5.74, 6) is -3.23. The number of ether oxygens (including phenoxy) is 2. The Labute approximate surface area is 175 Å². The molecule has 0 radical (unpaired) electrons. The van der Waals surface area contributed by atoms with Crippen LogP contribution in [0.4, 0.5) is 10.1 Å². The minimum absolute atomic E-state index is 0.0780. The van der Waals surface area contributed by atoms with Crippen LogP contribution in [-0.4, -0.2) is 47.9 Å². The Bertz CT molecular complexity index is 939. The lowest BCUT2D eigenvalue weighted by Crippen LogP contribution is -2.51. The number of hydrogen-bond acceptors (Lipinski definition) is 5. The number of carboxylic acid groups (broad SMARTS) is 1. The zero-order chi connectivity index (χ0) is 21.7. The highest BCUT2D eigenvalue weighted by molar-refractivity contribution is 6.33. The summed E-state index contributed by atoms with van der Waals surface area (Å²) in [6.45, 7) is -0.311. The lowest BCUT2D eigenvalue weighted by molar-refractivity contribution is -0.144. The molecular formula is C20H18ClFN2O6. The molecule has 3 atom stereocenters. The van der Waals surface area contributed by atoms with E-state index in [2.05, 4.69) is 10.6 Å². The van der Waals surface area contributed by atoms with Crippen LogP contribution in [0.2, 0.25) is 5.02 Å². The van der Waals surface area contributed by atoms with Gasteiger partial charge in [0.25, 0.3) is 11.8 Å². The van der Waals surface area contributed by atoms with Gasteiger partial charge in [0.2, 0.25) is 0 Å². The molecule has 0 saturated carbocycles.